The van der Waals surface area contributed by atoms with Gasteiger partial charge in [0.25, 0.3) is 0 Å². The number of amides is 2. The molecule has 5 heteroatoms. The monoisotopic (exact) mass is 379 g/mol. The molecule has 1 heterocycles. The van der Waals surface area contributed by atoms with Crippen molar-refractivity contribution in [2.45, 2.75) is 25.8 Å². The van der Waals surface area contributed by atoms with Crippen molar-refractivity contribution in [3.05, 3.63) is 71.8 Å². The second-order valence-electron chi connectivity index (χ2n) is 7.30. The Hall–Kier alpha value is -2.66. The van der Waals surface area contributed by atoms with Gasteiger partial charge in [0, 0.05) is 26.2 Å². The summed E-state index contributed by atoms with van der Waals surface area (Å²) in [6, 6.07) is 20.5. The highest BCUT2D eigenvalue weighted by molar-refractivity contribution is 5.85. The zero-order valence-corrected chi connectivity index (χ0v) is 16.3. The van der Waals surface area contributed by atoms with Gasteiger partial charge in [-0.15, -0.1) is 0 Å². The fourth-order valence-electron chi connectivity index (χ4n) is 3.50. The molecule has 2 aromatic carbocycles. The van der Waals surface area contributed by atoms with Crippen LogP contribution in [0.5, 0.6) is 0 Å². The van der Waals surface area contributed by atoms with Gasteiger partial charge in [-0.05, 0) is 30.4 Å². The van der Waals surface area contributed by atoms with Gasteiger partial charge >= 0.3 is 0 Å². The summed E-state index contributed by atoms with van der Waals surface area (Å²) in [5.41, 5.74) is 2.43. The molecule has 0 unspecified atom stereocenters. The van der Waals surface area contributed by atoms with E-state index in [0.29, 0.717) is 6.54 Å². The van der Waals surface area contributed by atoms with Crippen LogP contribution in [-0.4, -0.2) is 54.3 Å². The SMILES string of the molecule is O=C(CN(CCc1ccccc1)Cc1ccccc1)NCC(=O)N1CCCC1. The number of nitrogens with zero attached hydrogens (tertiary/aromatic N) is 2. The Morgan fingerprint density at radius 3 is 2.14 bits per heavy atom. The van der Waals surface area contributed by atoms with Crippen molar-refractivity contribution in [3.63, 3.8) is 0 Å². The Labute approximate surface area is 167 Å². The van der Waals surface area contributed by atoms with Crippen molar-refractivity contribution in [1.82, 2.24) is 15.1 Å². The predicted molar refractivity (Wildman–Crippen MR) is 111 cm³/mol. The third kappa shape index (κ3) is 6.50. The average molecular weight is 380 g/mol. The second kappa shape index (κ2) is 10.6. The van der Waals surface area contributed by atoms with Crippen molar-refractivity contribution in [3.8, 4) is 0 Å². The Morgan fingerprint density at radius 2 is 1.50 bits per heavy atom. The number of hydrogen-bond donors (Lipinski definition) is 1. The summed E-state index contributed by atoms with van der Waals surface area (Å²) in [5, 5.41) is 2.80. The standard InChI is InChI=1S/C23H29N3O2/c27-22(24-17-23(28)26-14-7-8-15-26)19-25(18-21-11-5-2-6-12-21)16-13-20-9-3-1-4-10-20/h1-6,9-12H,7-8,13-19H2,(H,24,27). The minimum absolute atomic E-state index is 0.0183. The van der Waals surface area contributed by atoms with Crippen molar-refractivity contribution in [2.24, 2.45) is 0 Å². The minimum atomic E-state index is -0.100. The topological polar surface area (TPSA) is 52.7 Å². The Morgan fingerprint density at radius 1 is 0.893 bits per heavy atom. The van der Waals surface area contributed by atoms with Gasteiger partial charge in [-0.1, -0.05) is 60.7 Å². The number of carbonyl (C=O) groups excluding carboxylic acids is 2. The number of likely N-dealkylation sites (tertiary alicyclic amines) is 1. The Bertz CT molecular complexity index is 743. The first-order chi connectivity index (χ1) is 13.7. The number of hydrogen-bond acceptors (Lipinski definition) is 3. The normalized spacial score (nSPS) is 13.7. The lowest BCUT2D eigenvalue weighted by molar-refractivity contribution is -0.132. The van der Waals surface area contributed by atoms with E-state index in [0.717, 1.165) is 38.9 Å². The van der Waals surface area contributed by atoms with Crippen molar-refractivity contribution >= 4 is 11.8 Å². The van der Waals surface area contributed by atoms with Crippen LogP contribution in [0.1, 0.15) is 24.0 Å². The van der Waals surface area contributed by atoms with E-state index < -0.39 is 0 Å². The fraction of sp³-hybridized carbons (Fsp3) is 0.391. The average Bonchev–Trinajstić information content (AvgIpc) is 3.27. The van der Waals surface area contributed by atoms with E-state index >= 15 is 0 Å². The zero-order chi connectivity index (χ0) is 19.6. The third-order valence-electron chi connectivity index (χ3n) is 5.07. The van der Waals surface area contributed by atoms with E-state index in [1.54, 1.807) is 0 Å². The van der Waals surface area contributed by atoms with Crippen LogP contribution in [0.2, 0.25) is 0 Å². The van der Waals surface area contributed by atoms with Crippen molar-refractivity contribution in [2.75, 3.05) is 32.7 Å². The van der Waals surface area contributed by atoms with Gasteiger partial charge in [-0.2, -0.15) is 0 Å². The maximum atomic E-state index is 12.5. The van der Waals surface area contributed by atoms with E-state index in [1.807, 2.05) is 41.3 Å². The lowest BCUT2D eigenvalue weighted by atomic mass is 10.1. The van der Waals surface area contributed by atoms with Gasteiger partial charge < -0.3 is 10.2 Å². The van der Waals surface area contributed by atoms with Crippen LogP contribution >= 0.6 is 0 Å². The number of carbonyl (C=O) groups is 2. The fourth-order valence-corrected chi connectivity index (χ4v) is 3.50. The van der Waals surface area contributed by atoms with Crippen molar-refractivity contribution in [1.29, 1.82) is 0 Å². The molecule has 0 atom stereocenters. The molecule has 1 fully saturated rings. The third-order valence-corrected chi connectivity index (χ3v) is 5.07. The summed E-state index contributed by atoms with van der Waals surface area (Å²) in [4.78, 5) is 28.6. The molecule has 1 aliphatic heterocycles. The molecule has 1 N–H and O–H groups in total. The lowest BCUT2D eigenvalue weighted by Gasteiger charge is -2.22. The number of rotatable bonds is 9. The number of nitrogens with one attached hydrogen (secondary N) is 1. The van der Waals surface area contributed by atoms with Crippen LogP contribution in [-0.2, 0) is 22.6 Å². The Kier molecular flexibility index (Phi) is 7.62. The number of benzene rings is 2. The van der Waals surface area contributed by atoms with Gasteiger partial charge in [-0.25, -0.2) is 0 Å². The molecular formula is C23H29N3O2. The quantitative estimate of drug-likeness (QED) is 0.728. The van der Waals surface area contributed by atoms with Crippen LogP contribution in [0.4, 0.5) is 0 Å². The summed E-state index contributed by atoms with van der Waals surface area (Å²) >= 11 is 0. The highest BCUT2D eigenvalue weighted by atomic mass is 16.2. The van der Waals surface area contributed by atoms with Crippen LogP contribution < -0.4 is 5.32 Å². The van der Waals surface area contributed by atoms with E-state index in [2.05, 4.69) is 34.5 Å². The molecule has 0 saturated carbocycles. The van der Waals surface area contributed by atoms with Gasteiger partial charge in [0.2, 0.25) is 11.8 Å². The molecule has 0 radical (unpaired) electrons. The smallest absolute Gasteiger partial charge is 0.241 e. The van der Waals surface area contributed by atoms with E-state index in [-0.39, 0.29) is 24.9 Å². The second-order valence-corrected chi connectivity index (χ2v) is 7.30. The highest BCUT2D eigenvalue weighted by Gasteiger charge is 2.19. The summed E-state index contributed by atoms with van der Waals surface area (Å²) in [7, 11) is 0. The van der Waals surface area contributed by atoms with Crippen LogP contribution in [0.25, 0.3) is 0 Å². The molecule has 148 valence electrons. The van der Waals surface area contributed by atoms with Crippen molar-refractivity contribution < 1.29 is 9.59 Å². The van der Waals surface area contributed by atoms with Gasteiger partial charge in [0.05, 0.1) is 13.1 Å². The van der Waals surface area contributed by atoms with Gasteiger partial charge in [0.15, 0.2) is 0 Å². The zero-order valence-electron chi connectivity index (χ0n) is 16.3. The van der Waals surface area contributed by atoms with Gasteiger partial charge in [0.1, 0.15) is 0 Å². The molecule has 2 aromatic rings. The van der Waals surface area contributed by atoms with Gasteiger partial charge in [-0.3, -0.25) is 14.5 Å². The minimum Gasteiger partial charge on any atom is -0.346 e. The molecule has 0 spiro atoms. The first-order valence-electron chi connectivity index (χ1n) is 10.1. The first-order valence-corrected chi connectivity index (χ1v) is 10.1. The molecule has 28 heavy (non-hydrogen) atoms. The summed E-state index contributed by atoms with van der Waals surface area (Å²) in [5.74, 6) is -0.0821. The summed E-state index contributed by atoms with van der Waals surface area (Å²) in [6.45, 7) is 3.50. The lowest BCUT2D eigenvalue weighted by Crippen LogP contribution is -2.43. The molecule has 1 aliphatic rings. The molecular weight excluding hydrogens is 350 g/mol. The van der Waals surface area contributed by atoms with E-state index in [4.69, 9.17) is 0 Å². The molecule has 1 saturated heterocycles. The first kappa shape index (κ1) is 20.1. The Balaban J connectivity index is 1.52. The summed E-state index contributed by atoms with van der Waals surface area (Å²) < 4.78 is 0. The maximum absolute atomic E-state index is 12.5. The van der Waals surface area contributed by atoms with E-state index in [1.165, 1.54) is 11.1 Å². The molecule has 0 bridgehead atoms. The molecule has 2 amide bonds. The maximum Gasteiger partial charge on any atom is 0.241 e. The van der Waals surface area contributed by atoms with Crippen LogP contribution in [0, 0.1) is 0 Å². The van der Waals surface area contributed by atoms with E-state index in [9.17, 15) is 9.59 Å². The van der Waals surface area contributed by atoms with Crippen LogP contribution in [0.3, 0.4) is 0 Å². The molecule has 0 aromatic heterocycles. The molecule has 3 rings (SSSR count). The predicted octanol–water partition coefficient (Wildman–Crippen LogP) is 2.47. The van der Waals surface area contributed by atoms with Crippen LogP contribution in [0.15, 0.2) is 60.7 Å². The molecule has 5 nitrogen and oxygen atoms in total. The largest absolute Gasteiger partial charge is 0.346 e. The highest BCUT2D eigenvalue weighted by Crippen LogP contribution is 2.08. The summed E-state index contributed by atoms with van der Waals surface area (Å²) in [6.07, 6.45) is 3.00. The molecule has 0 aliphatic carbocycles.